The van der Waals surface area contributed by atoms with Crippen molar-refractivity contribution < 1.29 is 13.9 Å². The molecule has 104 valence electrons. The number of rotatable bonds is 1. The van der Waals surface area contributed by atoms with E-state index in [9.17, 15) is 4.79 Å². The van der Waals surface area contributed by atoms with E-state index in [4.69, 9.17) is 14.9 Å². The molecule has 1 aromatic heterocycles. The molecule has 5 nitrogen and oxygen atoms in total. The molecule has 3 heterocycles. The largest absolute Gasteiger partial charge is 0.451 e. The van der Waals surface area contributed by atoms with Crippen molar-refractivity contribution in [3.8, 4) is 0 Å². The number of fused-ring (bicyclic) bond motifs is 3. The fraction of sp³-hybridized carbons (Fsp3) is 0.400. The number of ether oxygens (including phenoxy) is 1. The lowest BCUT2D eigenvalue weighted by atomic mass is 10.2. The highest BCUT2D eigenvalue weighted by atomic mass is 16.5. The summed E-state index contributed by atoms with van der Waals surface area (Å²) < 4.78 is 11.4. The van der Waals surface area contributed by atoms with Gasteiger partial charge in [-0.25, -0.2) is 0 Å². The normalized spacial score (nSPS) is 25.3. The van der Waals surface area contributed by atoms with Crippen LogP contribution in [0.1, 0.15) is 23.4 Å². The summed E-state index contributed by atoms with van der Waals surface area (Å²) in [4.78, 5) is 14.4. The lowest BCUT2D eigenvalue weighted by Gasteiger charge is -2.31. The lowest BCUT2D eigenvalue weighted by Crippen LogP contribution is -2.45. The summed E-state index contributed by atoms with van der Waals surface area (Å²) in [6, 6.07) is 7.16. The van der Waals surface area contributed by atoms with E-state index in [0.717, 1.165) is 18.2 Å². The van der Waals surface area contributed by atoms with Crippen LogP contribution in [0, 0.1) is 0 Å². The van der Waals surface area contributed by atoms with E-state index in [-0.39, 0.29) is 18.1 Å². The molecule has 2 fully saturated rings. The van der Waals surface area contributed by atoms with Crippen molar-refractivity contribution in [1.82, 2.24) is 4.90 Å². The lowest BCUT2D eigenvalue weighted by molar-refractivity contribution is -0.0311. The Morgan fingerprint density at radius 3 is 2.70 bits per heavy atom. The summed E-state index contributed by atoms with van der Waals surface area (Å²) in [5, 5.41) is 0.865. The van der Waals surface area contributed by atoms with Gasteiger partial charge < -0.3 is 19.8 Å². The zero-order valence-electron chi connectivity index (χ0n) is 11.0. The minimum Gasteiger partial charge on any atom is -0.451 e. The van der Waals surface area contributed by atoms with Crippen molar-refractivity contribution in [2.24, 2.45) is 0 Å². The Labute approximate surface area is 116 Å². The molecule has 2 unspecified atom stereocenters. The second kappa shape index (κ2) is 4.24. The number of furan rings is 1. The average molecular weight is 272 g/mol. The van der Waals surface area contributed by atoms with E-state index in [1.165, 1.54) is 0 Å². The first-order valence-corrected chi connectivity index (χ1v) is 6.93. The molecule has 0 aliphatic carbocycles. The predicted octanol–water partition coefficient (Wildman–Crippen LogP) is 2.02. The first kappa shape index (κ1) is 11.8. The van der Waals surface area contributed by atoms with Gasteiger partial charge in [0.25, 0.3) is 5.91 Å². The van der Waals surface area contributed by atoms with Crippen molar-refractivity contribution >= 4 is 22.6 Å². The summed E-state index contributed by atoms with van der Waals surface area (Å²) in [6.07, 6.45) is 2.48. The molecule has 2 bridgehead atoms. The van der Waals surface area contributed by atoms with E-state index in [1.54, 1.807) is 18.2 Å². The number of amides is 1. The molecule has 2 atom stereocenters. The highest BCUT2D eigenvalue weighted by molar-refractivity contribution is 5.96. The second-order valence-electron chi connectivity index (χ2n) is 5.58. The van der Waals surface area contributed by atoms with Gasteiger partial charge in [-0.3, -0.25) is 4.79 Å². The number of nitrogens with zero attached hydrogens (tertiary/aromatic N) is 1. The zero-order valence-corrected chi connectivity index (χ0v) is 11.0. The summed E-state index contributed by atoms with van der Waals surface area (Å²) in [5.41, 5.74) is 7.10. The Morgan fingerprint density at radius 1 is 1.20 bits per heavy atom. The van der Waals surface area contributed by atoms with Crippen molar-refractivity contribution in [3.05, 3.63) is 30.0 Å². The van der Waals surface area contributed by atoms with Crippen LogP contribution in [0.15, 0.2) is 28.7 Å². The third-order valence-corrected chi connectivity index (χ3v) is 4.08. The standard InChI is InChI=1S/C15H16N2O3/c16-10-1-4-13-9(5-10)6-14(20-13)15(18)17-7-11-2-3-12(8-17)19-11/h1,4-6,11-12H,2-3,7-8,16H2. The first-order chi connectivity index (χ1) is 9.69. The molecule has 2 aliphatic rings. The number of benzene rings is 1. The van der Waals surface area contributed by atoms with Crippen LogP contribution < -0.4 is 5.73 Å². The Balaban J connectivity index is 1.63. The van der Waals surface area contributed by atoms with Crippen LogP contribution in [0.2, 0.25) is 0 Å². The Morgan fingerprint density at radius 2 is 1.95 bits per heavy atom. The summed E-state index contributed by atoms with van der Waals surface area (Å²) in [5.74, 6) is 0.326. The average Bonchev–Trinajstić information content (AvgIpc) is 3.00. The molecule has 1 aromatic carbocycles. The molecule has 2 aromatic rings. The highest BCUT2D eigenvalue weighted by Crippen LogP contribution is 2.28. The number of hydrogen-bond acceptors (Lipinski definition) is 4. The number of carbonyl (C=O) groups is 1. The van der Waals surface area contributed by atoms with Crippen molar-refractivity contribution in [3.63, 3.8) is 0 Å². The van der Waals surface area contributed by atoms with Crippen molar-refractivity contribution in [2.75, 3.05) is 18.8 Å². The third-order valence-electron chi connectivity index (χ3n) is 4.08. The van der Waals surface area contributed by atoms with Gasteiger partial charge in [0.1, 0.15) is 5.58 Å². The van der Waals surface area contributed by atoms with Crippen LogP contribution in [0.4, 0.5) is 5.69 Å². The van der Waals surface area contributed by atoms with Gasteiger partial charge in [0.2, 0.25) is 0 Å². The third kappa shape index (κ3) is 1.86. The highest BCUT2D eigenvalue weighted by Gasteiger charge is 2.36. The maximum atomic E-state index is 12.5. The Kier molecular flexibility index (Phi) is 2.50. The number of nitrogen functional groups attached to an aromatic ring is 1. The van der Waals surface area contributed by atoms with Gasteiger partial charge in [-0.2, -0.15) is 0 Å². The van der Waals surface area contributed by atoms with Crippen molar-refractivity contribution in [1.29, 1.82) is 0 Å². The van der Waals surface area contributed by atoms with Crippen LogP contribution >= 0.6 is 0 Å². The Hall–Kier alpha value is -2.01. The molecule has 0 radical (unpaired) electrons. The van der Waals surface area contributed by atoms with Crippen LogP contribution in [0.5, 0.6) is 0 Å². The van der Waals surface area contributed by atoms with E-state index in [1.807, 2.05) is 11.0 Å². The van der Waals surface area contributed by atoms with E-state index < -0.39 is 0 Å². The smallest absolute Gasteiger partial charge is 0.289 e. The van der Waals surface area contributed by atoms with Gasteiger partial charge in [0, 0.05) is 24.2 Å². The fourth-order valence-corrected chi connectivity index (χ4v) is 3.10. The number of morpholine rings is 1. The number of carbonyl (C=O) groups excluding carboxylic acids is 1. The van der Waals surface area contributed by atoms with Gasteiger partial charge >= 0.3 is 0 Å². The monoisotopic (exact) mass is 272 g/mol. The number of anilines is 1. The molecule has 2 saturated heterocycles. The summed E-state index contributed by atoms with van der Waals surface area (Å²) >= 11 is 0. The van der Waals surface area contributed by atoms with Gasteiger partial charge in [0.15, 0.2) is 5.76 Å². The molecule has 20 heavy (non-hydrogen) atoms. The maximum Gasteiger partial charge on any atom is 0.289 e. The molecule has 0 spiro atoms. The minimum absolute atomic E-state index is 0.0556. The van der Waals surface area contributed by atoms with Gasteiger partial charge in [-0.05, 0) is 37.1 Å². The summed E-state index contributed by atoms with van der Waals surface area (Å²) in [7, 11) is 0. The Bertz CT molecular complexity index is 667. The quantitative estimate of drug-likeness (QED) is 0.806. The minimum atomic E-state index is -0.0556. The van der Waals surface area contributed by atoms with E-state index in [2.05, 4.69) is 0 Å². The van der Waals surface area contributed by atoms with Crippen LogP contribution in [-0.4, -0.2) is 36.1 Å². The molecular weight excluding hydrogens is 256 g/mol. The topological polar surface area (TPSA) is 68.7 Å². The van der Waals surface area contributed by atoms with E-state index >= 15 is 0 Å². The van der Waals surface area contributed by atoms with Crippen LogP contribution in [0.3, 0.4) is 0 Å². The number of nitrogens with two attached hydrogens (primary N) is 1. The fourth-order valence-electron chi connectivity index (χ4n) is 3.10. The van der Waals surface area contributed by atoms with Crippen molar-refractivity contribution in [2.45, 2.75) is 25.0 Å². The van der Waals surface area contributed by atoms with Crippen LogP contribution in [0.25, 0.3) is 11.0 Å². The second-order valence-corrected chi connectivity index (χ2v) is 5.58. The molecule has 2 N–H and O–H groups in total. The van der Waals surface area contributed by atoms with Gasteiger partial charge in [0.05, 0.1) is 12.2 Å². The molecule has 5 heteroatoms. The summed E-state index contributed by atoms with van der Waals surface area (Å²) in [6.45, 7) is 1.32. The van der Waals surface area contributed by atoms with Gasteiger partial charge in [-0.15, -0.1) is 0 Å². The zero-order chi connectivity index (χ0) is 13.7. The molecule has 2 aliphatic heterocycles. The maximum absolute atomic E-state index is 12.5. The molecule has 1 amide bonds. The first-order valence-electron chi connectivity index (χ1n) is 6.93. The SMILES string of the molecule is Nc1ccc2oc(C(=O)N3CC4CCC(C3)O4)cc2c1. The van der Waals surface area contributed by atoms with Gasteiger partial charge in [-0.1, -0.05) is 0 Å². The molecular formula is C15H16N2O3. The van der Waals surface area contributed by atoms with E-state index in [0.29, 0.717) is 30.1 Å². The van der Waals surface area contributed by atoms with Crippen LogP contribution in [-0.2, 0) is 4.74 Å². The molecule has 4 rings (SSSR count). The number of hydrogen-bond donors (Lipinski definition) is 1. The number of likely N-dealkylation sites (tertiary alicyclic amines) is 1. The molecule has 0 saturated carbocycles. The predicted molar refractivity (Wildman–Crippen MR) is 74.4 cm³/mol.